The number of carbonyl (C=O) groups is 2. The second kappa shape index (κ2) is 8.47. The number of thiophene rings is 1. The molecule has 8 nitrogen and oxygen atoms in total. The molecule has 1 atom stereocenters. The third kappa shape index (κ3) is 3.57. The number of non-ortho nitro benzene ring substituents is 1. The summed E-state index contributed by atoms with van der Waals surface area (Å²) in [5.74, 6) is -1.95. The van der Waals surface area contributed by atoms with Crippen molar-refractivity contribution in [1.29, 1.82) is 0 Å². The van der Waals surface area contributed by atoms with E-state index in [1.807, 2.05) is 25.1 Å². The molecule has 3 heterocycles. The molecule has 34 heavy (non-hydrogen) atoms. The number of nitro groups is 1. The van der Waals surface area contributed by atoms with E-state index in [0.717, 1.165) is 16.7 Å². The van der Waals surface area contributed by atoms with Crippen LogP contribution in [0.2, 0.25) is 0 Å². The summed E-state index contributed by atoms with van der Waals surface area (Å²) < 4.78 is 0.859. The van der Waals surface area contributed by atoms with Gasteiger partial charge in [0.15, 0.2) is 10.9 Å². The van der Waals surface area contributed by atoms with E-state index >= 15 is 0 Å². The van der Waals surface area contributed by atoms with Crippen molar-refractivity contribution in [2.24, 2.45) is 0 Å². The number of thiazole rings is 1. The number of aliphatic hydroxyl groups excluding tert-OH is 1. The van der Waals surface area contributed by atoms with Crippen molar-refractivity contribution in [3.8, 4) is 0 Å². The number of hydrogen-bond acceptors (Lipinski definition) is 8. The van der Waals surface area contributed by atoms with Crippen LogP contribution in [-0.4, -0.2) is 26.7 Å². The minimum atomic E-state index is -1.06. The summed E-state index contributed by atoms with van der Waals surface area (Å²) in [6, 6.07) is 13.8. The molecule has 170 valence electrons. The second-order valence-electron chi connectivity index (χ2n) is 7.65. The minimum absolute atomic E-state index is 0.124. The highest BCUT2D eigenvalue weighted by atomic mass is 32.1. The van der Waals surface area contributed by atoms with Gasteiger partial charge in [-0.2, -0.15) is 0 Å². The molecule has 10 heteroatoms. The van der Waals surface area contributed by atoms with Crippen LogP contribution in [0.4, 0.5) is 10.8 Å². The van der Waals surface area contributed by atoms with Crippen molar-refractivity contribution in [1.82, 2.24) is 4.98 Å². The van der Waals surface area contributed by atoms with Crippen molar-refractivity contribution in [2.75, 3.05) is 4.90 Å². The zero-order chi connectivity index (χ0) is 24.0. The van der Waals surface area contributed by atoms with Crippen LogP contribution in [0, 0.1) is 10.1 Å². The van der Waals surface area contributed by atoms with Crippen LogP contribution in [-0.2, 0) is 11.2 Å². The molecule has 5 rings (SSSR count). The number of aromatic nitrogens is 1. The van der Waals surface area contributed by atoms with Crippen LogP contribution < -0.4 is 4.90 Å². The summed E-state index contributed by atoms with van der Waals surface area (Å²) in [7, 11) is 0. The number of aliphatic hydroxyl groups is 1. The maximum atomic E-state index is 13.4. The molecular weight excluding hydrogens is 474 g/mol. The van der Waals surface area contributed by atoms with Gasteiger partial charge >= 0.3 is 0 Å². The summed E-state index contributed by atoms with van der Waals surface area (Å²) in [5.41, 5.74) is 1.82. The second-order valence-corrected chi connectivity index (χ2v) is 9.61. The Morgan fingerprint density at radius 2 is 2.03 bits per heavy atom. The Kier molecular flexibility index (Phi) is 5.46. The monoisotopic (exact) mass is 491 g/mol. The van der Waals surface area contributed by atoms with Crippen LogP contribution in [0.15, 0.2) is 71.3 Å². The van der Waals surface area contributed by atoms with Crippen molar-refractivity contribution >= 4 is 55.4 Å². The number of hydrogen-bond donors (Lipinski definition) is 1. The molecule has 1 aliphatic rings. The van der Waals surface area contributed by atoms with Crippen LogP contribution in [0.1, 0.15) is 33.8 Å². The van der Waals surface area contributed by atoms with Crippen molar-refractivity contribution in [2.45, 2.75) is 19.4 Å². The number of anilines is 1. The predicted octanol–water partition coefficient (Wildman–Crippen LogP) is 5.61. The Bertz CT molecular complexity index is 1490. The maximum Gasteiger partial charge on any atom is 0.296 e. The van der Waals surface area contributed by atoms with Gasteiger partial charge in [-0.25, -0.2) is 4.98 Å². The van der Waals surface area contributed by atoms with Crippen LogP contribution in [0.25, 0.3) is 10.2 Å². The molecule has 2 aromatic heterocycles. The fraction of sp³-hybridized carbons (Fsp3) is 0.125. The van der Waals surface area contributed by atoms with Gasteiger partial charge in [0, 0.05) is 12.1 Å². The normalized spacial score (nSPS) is 16.0. The first-order chi connectivity index (χ1) is 16.4. The maximum absolute atomic E-state index is 13.4. The van der Waals surface area contributed by atoms with Gasteiger partial charge in [0.1, 0.15) is 0 Å². The molecule has 0 radical (unpaired) electrons. The van der Waals surface area contributed by atoms with Gasteiger partial charge in [-0.1, -0.05) is 42.5 Å². The number of benzene rings is 2. The average molecular weight is 492 g/mol. The zero-order valence-corrected chi connectivity index (χ0v) is 19.4. The minimum Gasteiger partial charge on any atom is -0.503 e. The molecule has 4 aromatic rings. The number of fused-ring (bicyclic) bond motifs is 1. The van der Waals surface area contributed by atoms with Gasteiger partial charge in [-0.15, -0.1) is 11.3 Å². The zero-order valence-electron chi connectivity index (χ0n) is 17.8. The number of aryl methyl sites for hydroxylation is 1. The fourth-order valence-electron chi connectivity index (χ4n) is 3.98. The molecule has 2 aromatic carbocycles. The number of amides is 1. The molecule has 1 amide bonds. The highest BCUT2D eigenvalue weighted by Gasteiger charge is 2.46. The molecule has 0 saturated carbocycles. The molecule has 0 spiro atoms. The SMILES string of the molecule is CCc1ccc2nc(N3C(=O)C(O)=C(C(=O)c4cccs4)[C@H]3c3cccc([N+](=O)[O-])c3)sc2c1. The van der Waals surface area contributed by atoms with E-state index in [0.29, 0.717) is 21.1 Å². The third-order valence-corrected chi connectivity index (χ3v) is 7.54. The predicted molar refractivity (Wildman–Crippen MR) is 131 cm³/mol. The Balaban J connectivity index is 1.69. The van der Waals surface area contributed by atoms with Crippen molar-refractivity contribution < 1.29 is 19.6 Å². The Hall–Kier alpha value is -3.89. The smallest absolute Gasteiger partial charge is 0.296 e. The molecule has 0 aliphatic carbocycles. The highest BCUT2D eigenvalue weighted by molar-refractivity contribution is 7.22. The molecule has 0 bridgehead atoms. The number of Topliss-reactive ketones (excluding diaryl/α,β-unsaturated/α-hetero) is 1. The van der Waals surface area contributed by atoms with Crippen molar-refractivity contribution in [3.63, 3.8) is 0 Å². The third-order valence-electron chi connectivity index (χ3n) is 5.65. The lowest BCUT2D eigenvalue weighted by Gasteiger charge is -2.24. The van der Waals surface area contributed by atoms with E-state index in [1.54, 1.807) is 23.6 Å². The topological polar surface area (TPSA) is 114 Å². The summed E-state index contributed by atoms with van der Waals surface area (Å²) in [6.07, 6.45) is 0.837. The summed E-state index contributed by atoms with van der Waals surface area (Å²) in [5, 5.41) is 24.3. The number of carbonyl (C=O) groups excluding carboxylic acids is 2. The lowest BCUT2D eigenvalue weighted by Crippen LogP contribution is -2.31. The first-order valence-corrected chi connectivity index (χ1v) is 12.1. The summed E-state index contributed by atoms with van der Waals surface area (Å²) in [6.45, 7) is 2.04. The molecule has 0 unspecified atom stereocenters. The van der Waals surface area contributed by atoms with Gasteiger partial charge in [0.25, 0.3) is 11.6 Å². The van der Waals surface area contributed by atoms with E-state index in [9.17, 15) is 24.8 Å². The van der Waals surface area contributed by atoms with Crippen LogP contribution in [0.3, 0.4) is 0 Å². The van der Waals surface area contributed by atoms with E-state index in [2.05, 4.69) is 4.98 Å². The summed E-state index contributed by atoms with van der Waals surface area (Å²) >= 11 is 2.45. The van der Waals surface area contributed by atoms with Crippen LogP contribution >= 0.6 is 22.7 Å². The van der Waals surface area contributed by atoms with E-state index in [-0.39, 0.29) is 11.3 Å². The molecule has 1 N–H and O–H groups in total. The van der Waals surface area contributed by atoms with Gasteiger partial charge in [0.2, 0.25) is 5.78 Å². The van der Waals surface area contributed by atoms with Gasteiger partial charge in [-0.3, -0.25) is 24.6 Å². The molecule has 1 aliphatic heterocycles. The van der Waals surface area contributed by atoms with E-state index in [4.69, 9.17) is 0 Å². The first-order valence-electron chi connectivity index (χ1n) is 10.4. The Labute approximate surface area is 201 Å². The number of rotatable bonds is 6. The van der Waals surface area contributed by atoms with E-state index < -0.39 is 28.4 Å². The quantitative estimate of drug-likeness (QED) is 0.213. The van der Waals surface area contributed by atoms with Gasteiger partial charge < -0.3 is 5.11 Å². The number of nitro benzene ring substituents is 1. The molecule has 0 saturated heterocycles. The first kappa shape index (κ1) is 21.9. The average Bonchev–Trinajstić information content (AvgIpc) is 3.57. The Morgan fingerprint density at radius 1 is 1.21 bits per heavy atom. The number of ketones is 1. The molecule has 0 fully saturated rings. The van der Waals surface area contributed by atoms with Crippen molar-refractivity contribution in [3.05, 3.63) is 97.4 Å². The van der Waals surface area contributed by atoms with Gasteiger partial charge in [0.05, 0.1) is 31.6 Å². The van der Waals surface area contributed by atoms with Gasteiger partial charge in [-0.05, 0) is 41.1 Å². The highest BCUT2D eigenvalue weighted by Crippen LogP contribution is 2.45. The summed E-state index contributed by atoms with van der Waals surface area (Å²) in [4.78, 5) is 43.7. The standard InChI is InChI=1S/C24H17N3O5S2/c1-2-13-8-9-16-18(11-13)34-24(25-16)26-20(14-5-3-6-15(12-14)27(31)32)19(22(29)23(26)30)21(28)17-7-4-10-33-17/h3-12,20,29H,2H2,1H3/t20-/m1/s1. The molecular formula is C24H17N3O5S2. The fourth-order valence-corrected chi connectivity index (χ4v) is 5.71. The lowest BCUT2D eigenvalue weighted by molar-refractivity contribution is -0.384. The van der Waals surface area contributed by atoms with E-state index in [1.165, 1.54) is 45.8 Å². The largest absolute Gasteiger partial charge is 0.503 e. The lowest BCUT2D eigenvalue weighted by atomic mass is 9.95. The Morgan fingerprint density at radius 3 is 2.74 bits per heavy atom. The van der Waals surface area contributed by atoms with Crippen LogP contribution in [0.5, 0.6) is 0 Å². The number of nitrogens with zero attached hydrogens (tertiary/aromatic N) is 3.